The average Bonchev–Trinajstić information content (AvgIpc) is 3.29. The van der Waals surface area contributed by atoms with E-state index in [-0.39, 0.29) is 6.04 Å². The largest absolute Gasteiger partial charge is 0.497 e. The number of nitrogens with zero attached hydrogens (tertiary/aromatic N) is 3. The third-order valence-electron chi connectivity index (χ3n) is 4.39. The van der Waals surface area contributed by atoms with Gasteiger partial charge in [0.1, 0.15) is 5.75 Å². The van der Waals surface area contributed by atoms with E-state index in [1.165, 1.54) is 5.56 Å². The zero-order chi connectivity index (χ0) is 18.1. The Balaban J connectivity index is 1.71. The number of hydrogen-bond donors (Lipinski definition) is 0. The predicted molar refractivity (Wildman–Crippen MR) is 110 cm³/mol. The molecular formula is C20H18BrN3OS. The first-order valence-corrected chi connectivity index (χ1v) is 10.00. The number of rotatable bonds is 4. The number of aromatic nitrogens is 1. The molecule has 0 fully saturated rings. The van der Waals surface area contributed by atoms with Crippen molar-refractivity contribution < 1.29 is 4.74 Å². The van der Waals surface area contributed by atoms with Crippen LogP contribution in [-0.4, -0.2) is 17.8 Å². The molecule has 1 atom stereocenters. The molecule has 0 saturated carbocycles. The fourth-order valence-corrected chi connectivity index (χ4v) is 4.10. The minimum absolute atomic E-state index is 0.144. The predicted octanol–water partition coefficient (Wildman–Crippen LogP) is 5.58. The minimum Gasteiger partial charge on any atom is -0.497 e. The highest BCUT2D eigenvalue weighted by molar-refractivity contribution is 9.10. The molecule has 0 saturated heterocycles. The highest BCUT2D eigenvalue weighted by atomic mass is 79.9. The lowest BCUT2D eigenvalue weighted by Gasteiger charge is -2.21. The van der Waals surface area contributed by atoms with E-state index in [4.69, 9.17) is 9.84 Å². The number of ether oxygens (including phenoxy) is 1. The third kappa shape index (κ3) is 3.39. The number of benzene rings is 2. The number of hydrazone groups is 1. The van der Waals surface area contributed by atoms with Gasteiger partial charge < -0.3 is 4.74 Å². The van der Waals surface area contributed by atoms with Gasteiger partial charge >= 0.3 is 0 Å². The summed E-state index contributed by atoms with van der Waals surface area (Å²) in [5.74, 6) is 0.851. The van der Waals surface area contributed by atoms with Crippen molar-refractivity contribution in [2.75, 3.05) is 12.1 Å². The van der Waals surface area contributed by atoms with Crippen molar-refractivity contribution in [3.05, 3.63) is 75.2 Å². The maximum absolute atomic E-state index is 5.26. The Morgan fingerprint density at radius 3 is 2.46 bits per heavy atom. The summed E-state index contributed by atoms with van der Waals surface area (Å²) in [6.07, 6.45) is 0.840. The lowest BCUT2D eigenvalue weighted by molar-refractivity contribution is 0.415. The van der Waals surface area contributed by atoms with Gasteiger partial charge in [-0.15, -0.1) is 11.3 Å². The molecule has 6 heteroatoms. The second-order valence-electron chi connectivity index (χ2n) is 6.16. The fourth-order valence-electron chi connectivity index (χ4n) is 3.04. The minimum atomic E-state index is 0.144. The Morgan fingerprint density at radius 2 is 1.85 bits per heavy atom. The zero-order valence-corrected chi connectivity index (χ0v) is 16.9. The standard InChI is InChI=1S/C20H18BrN3OS/c1-13-12-26-20(22-13)24-19(15-3-7-16(21)8-4-15)11-18(23-24)14-5-9-17(25-2)10-6-14/h3-10,12,19H,11H2,1-2H3. The summed E-state index contributed by atoms with van der Waals surface area (Å²) in [5, 5.41) is 9.97. The molecule has 0 spiro atoms. The van der Waals surface area contributed by atoms with Crippen LogP contribution in [0, 0.1) is 6.92 Å². The van der Waals surface area contributed by atoms with Crippen LogP contribution in [-0.2, 0) is 0 Å². The molecule has 1 unspecified atom stereocenters. The van der Waals surface area contributed by atoms with Gasteiger partial charge in [0, 0.05) is 16.3 Å². The van der Waals surface area contributed by atoms with Gasteiger partial charge in [-0.05, 0) is 54.4 Å². The Hall–Kier alpha value is -2.18. The Morgan fingerprint density at radius 1 is 1.12 bits per heavy atom. The molecule has 1 aliphatic heterocycles. The summed E-state index contributed by atoms with van der Waals surface area (Å²) in [6.45, 7) is 2.01. The Bertz CT molecular complexity index is 934. The molecular weight excluding hydrogens is 410 g/mol. The normalized spacial score (nSPS) is 16.7. The van der Waals surface area contributed by atoms with Gasteiger partial charge in [0.2, 0.25) is 5.13 Å². The molecule has 4 rings (SSSR count). The van der Waals surface area contributed by atoms with Gasteiger partial charge in [0.05, 0.1) is 24.6 Å². The van der Waals surface area contributed by atoms with Gasteiger partial charge in [-0.2, -0.15) is 5.10 Å². The van der Waals surface area contributed by atoms with E-state index in [1.54, 1.807) is 18.4 Å². The summed E-state index contributed by atoms with van der Waals surface area (Å²) in [7, 11) is 1.68. The fraction of sp³-hybridized carbons (Fsp3) is 0.200. The Kier molecular flexibility index (Phi) is 4.78. The molecule has 3 aromatic rings. The van der Waals surface area contributed by atoms with Crippen LogP contribution >= 0.6 is 27.3 Å². The van der Waals surface area contributed by atoms with E-state index < -0.39 is 0 Å². The zero-order valence-electron chi connectivity index (χ0n) is 14.5. The first kappa shape index (κ1) is 17.2. The SMILES string of the molecule is COc1ccc(C2=NN(c3nc(C)cs3)C(c3ccc(Br)cc3)C2)cc1. The molecule has 2 heterocycles. The maximum Gasteiger partial charge on any atom is 0.206 e. The molecule has 0 N–H and O–H groups in total. The van der Waals surface area contributed by atoms with Crippen molar-refractivity contribution in [1.29, 1.82) is 0 Å². The summed E-state index contributed by atoms with van der Waals surface area (Å²) in [5.41, 5.74) is 4.43. The topological polar surface area (TPSA) is 37.7 Å². The van der Waals surface area contributed by atoms with Crippen molar-refractivity contribution >= 4 is 38.1 Å². The summed E-state index contributed by atoms with van der Waals surface area (Å²) in [4.78, 5) is 4.65. The first-order chi connectivity index (χ1) is 12.6. The van der Waals surface area contributed by atoms with Crippen LogP contribution in [0.25, 0.3) is 0 Å². The molecule has 0 amide bonds. The van der Waals surface area contributed by atoms with E-state index in [9.17, 15) is 0 Å². The number of hydrogen-bond acceptors (Lipinski definition) is 5. The lowest BCUT2D eigenvalue weighted by atomic mass is 9.98. The number of anilines is 1. The molecule has 2 aromatic carbocycles. The molecule has 1 aromatic heterocycles. The molecule has 4 nitrogen and oxygen atoms in total. The quantitative estimate of drug-likeness (QED) is 0.545. The maximum atomic E-state index is 5.26. The van der Waals surface area contributed by atoms with E-state index in [2.05, 4.69) is 67.7 Å². The molecule has 0 aliphatic carbocycles. The van der Waals surface area contributed by atoms with Crippen LogP contribution in [0.4, 0.5) is 5.13 Å². The van der Waals surface area contributed by atoms with Gasteiger partial charge in [-0.3, -0.25) is 0 Å². The Labute approximate surface area is 165 Å². The van der Waals surface area contributed by atoms with Gasteiger partial charge in [-0.25, -0.2) is 9.99 Å². The second-order valence-corrected chi connectivity index (χ2v) is 7.91. The summed E-state index contributed by atoms with van der Waals surface area (Å²) in [6, 6.07) is 16.7. The monoisotopic (exact) mass is 427 g/mol. The van der Waals surface area contributed by atoms with Crippen LogP contribution in [0.15, 0.2) is 63.5 Å². The number of thiazole rings is 1. The highest BCUT2D eigenvalue weighted by Gasteiger charge is 2.31. The van der Waals surface area contributed by atoms with Crippen LogP contribution in [0.2, 0.25) is 0 Å². The van der Waals surface area contributed by atoms with Gasteiger partial charge in [0.15, 0.2) is 0 Å². The van der Waals surface area contributed by atoms with Crippen molar-refractivity contribution in [3.63, 3.8) is 0 Å². The summed E-state index contributed by atoms with van der Waals surface area (Å²) < 4.78 is 6.34. The molecule has 0 radical (unpaired) electrons. The number of aryl methyl sites for hydroxylation is 1. The molecule has 0 bridgehead atoms. The second kappa shape index (κ2) is 7.21. The summed E-state index contributed by atoms with van der Waals surface area (Å²) >= 11 is 5.15. The van der Waals surface area contributed by atoms with Crippen molar-refractivity contribution in [3.8, 4) is 5.75 Å². The first-order valence-electron chi connectivity index (χ1n) is 8.33. The lowest BCUT2D eigenvalue weighted by Crippen LogP contribution is -2.18. The van der Waals surface area contributed by atoms with Crippen molar-refractivity contribution in [2.45, 2.75) is 19.4 Å². The van der Waals surface area contributed by atoms with E-state index in [1.807, 2.05) is 19.1 Å². The molecule has 26 heavy (non-hydrogen) atoms. The van der Waals surface area contributed by atoms with Crippen molar-refractivity contribution in [2.24, 2.45) is 5.10 Å². The third-order valence-corrected chi connectivity index (χ3v) is 5.87. The van der Waals surface area contributed by atoms with Gasteiger partial charge in [-0.1, -0.05) is 28.1 Å². The van der Waals surface area contributed by atoms with Crippen LogP contribution in [0.3, 0.4) is 0 Å². The number of methoxy groups -OCH3 is 1. The van der Waals surface area contributed by atoms with Crippen LogP contribution < -0.4 is 9.75 Å². The smallest absolute Gasteiger partial charge is 0.206 e. The van der Waals surface area contributed by atoms with E-state index in [0.29, 0.717) is 0 Å². The highest BCUT2D eigenvalue weighted by Crippen LogP contribution is 2.38. The van der Waals surface area contributed by atoms with Crippen LogP contribution in [0.5, 0.6) is 5.75 Å². The van der Waals surface area contributed by atoms with E-state index >= 15 is 0 Å². The van der Waals surface area contributed by atoms with Crippen LogP contribution in [0.1, 0.15) is 29.3 Å². The average molecular weight is 428 g/mol. The number of halogens is 1. The molecule has 1 aliphatic rings. The molecule has 132 valence electrons. The van der Waals surface area contributed by atoms with Crippen molar-refractivity contribution in [1.82, 2.24) is 4.98 Å². The van der Waals surface area contributed by atoms with E-state index in [0.717, 1.165) is 38.7 Å². The van der Waals surface area contributed by atoms with Gasteiger partial charge in [0.25, 0.3) is 0 Å².